The maximum Gasteiger partial charge on any atom is 0.249 e. The van der Waals surface area contributed by atoms with Crippen LogP contribution >= 0.6 is 15.9 Å². The van der Waals surface area contributed by atoms with Crippen LogP contribution in [0.2, 0.25) is 0 Å². The van der Waals surface area contributed by atoms with Crippen molar-refractivity contribution in [1.29, 1.82) is 0 Å². The molecule has 1 aromatic carbocycles. The molecule has 0 aliphatic rings. The molecule has 1 N–H and O–H groups in total. The summed E-state index contributed by atoms with van der Waals surface area (Å²) >= 11 is 3.52. The van der Waals surface area contributed by atoms with Crippen LogP contribution in [0.4, 0.5) is 5.69 Å². The minimum Gasteiger partial charge on any atom is -0.321 e. The molecule has 0 aliphatic carbocycles. The topological polar surface area (TPSA) is 64.7 Å². The number of carbonyl (C=O) groups excluding carboxylic acids is 1. The van der Waals surface area contributed by atoms with E-state index in [0.717, 1.165) is 32.9 Å². The summed E-state index contributed by atoms with van der Waals surface area (Å²) in [5.74, 6) is -0.112. The molecular formula is C21H26BrN5O. The molecule has 0 spiro atoms. The summed E-state index contributed by atoms with van der Waals surface area (Å²) in [6, 6.07) is 7.94. The maximum absolute atomic E-state index is 12.9. The van der Waals surface area contributed by atoms with E-state index in [9.17, 15) is 4.79 Å². The Bertz CT molecular complexity index is 1030. The highest BCUT2D eigenvalue weighted by atomic mass is 79.9. The second-order valence-corrected chi connectivity index (χ2v) is 8.08. The van der Waals surface area contributed by atoms with E-state index in [1.165, 1.54) is 11.1 Å². The van der Waals surface area contributed by atoms with Crippen LogP contribution < -0.4 is 5.32 Å². The van der Waals surface area contributed by atoms with Crippen molar-refractivity contribution in [3.05, 3.63) is 62.6 Å². The molecule has 0 aliphatic heterocycles. The molecule has 1 amide bonds. The molecule has 7 heteroatoms. The monoisotopic (exact) mass is 443 g/mol. The van der Waals surface area contributed by atoms with Crippen molar-refractivity contribution in [3.8, 4) is 0 Å². The third-order valence-corrected chi connectivity index (χ3v) is 6.18. The second-order valence-electron chi connectivity index (χ2n) is 7.29. The Morgan fingerprint density at radius 3 is 2.43 bits per heavy atom. The summed E-state index contributed by atoms with van der Waals surface area (Å²) in [7, 11) is 0. The average molecular weight is 444 g/mol. The zero-order valence-electron chi connectivity index (χ0n) is 17.2. The second kappa shape index (κ2) is 7.91. The number of rotatable bonds is 5. The van der Waals surface area contributed by atoms with Crippen LogP contribution in [0.15, 0.2) is 28.7 Å². The highest BCUT2D eigenvalue weighted by molar-refractivity contribution is 9.10. The fraction of sp³-hybridized carbons (Fsp3) is 0.381. The Hall–Kier alpha value is -2.41. The highest BCUT2D eigenvalue weighted by Gasteiger charge is 2.23. The summed E-state index contributed by atoms with van der Waals surface area (Å²) in [5, 5.41) is 12.2. The Kier molecular flexibility index (Phi) is 5.74. The number of anilines is 1. The number of hydrogen-bond donors (Lipinski definition) is 1. The van der Waals surface area contributed by atoms with Gasteiger partial charge in [0, 0.05) is 0 Å². The standard InChI is InChI=1S/C21H26BrN5O/c1-12-8-7-9-18(10-12)11-26-16(5)20(14(3)24-26)23-21(28)17(6)27-15(4)19(22)13(2)25-27/h7-10,17H,11H2,1-6H3,(H,23,28). The van der Waals surface area contributed by atoms with Crippen molar-refractivity contribution in [3.63, 3.8) is 0 Å². The van der Waals surface area contributed by atoms with Gasteiger partial charge in [-0.1, -0.05) is 29.8 Å². The summed E-state index contributed by atoms with van der Waals surface area (Å²) in [5.41, 5.74) is 6.72. The molecule has 3 aromatic rings. The van der Waals surface area contributed by atoms with E-state index in [1.54, 1.807) is 4.68 Å². The summed E-state index contributed by atoms with van der Waals surface area (Å²) in [4.78, 5) is 12.9. The van der Waals surface area contributed by atoms with Crippen LogP contribution in [-0.4, -0.2) is 25.5 Å². The smallest absolute Gasteiger partial charge is 0.249 e. The molecule has 3 rings (SSSR count). The van der Waals surface area contributed by atoms with Crippen molar-refractivity contribution in [2.45, 2.75) is 54.1 Å². The van der Waals surface area contributed by atoms with Crippen LogP contribution in [0.5, 0.6) is 0 Å². The number of aryl methyl sites for hydroxylation is 3. The number of nitrogens with zero attached hydrogens (tertiary/aromatic N) is 4. The first-order valence-corrected chi connectivity index (χ1v) is 10.1. The summed E-state index contributed by atoms with van der Waals surface area (Å²) in [6.07, 6.45) is 0. The van der Waals surface area contributed by atoms with Crippen LogP contribution in [-0.2, 0) is 11.3 Å². The molecule has 1 atom stereocenters. The summed E-state index contributed by atoms with van der Waals surface area (Å²) in [6.45, 7) is 12.4. The quantitative estimate of drug-likeness (QED) is 0.624. The van der Waals surface area contributed by atoms with Gasteiger partial charge < -0.3 is 5.32 Å². The minimum absolute atomic E-state index is 0.112. The molecule has 1 unspecified atom stereocenters. The normalized spacial score (nSPS) is 12.2. The fourth-order valence-electron chi connectivity index (χ4n) is 3.37. The number of benzene rings is 1. The van der Waals surface area contributed by atoms with E-state index in [0.29, 0.717) is 6.54 Å². The van der Waals surface area contributed by atoms with Gasteiger partial charge in [0.25, 0.3) is 0 Å². The summed E-state index contributed by atoms with van der Waals surface area (Å²) < 4.78 is 4.62. The van der Waals surface area contributed by atoms with Gasteiger partial charge in [0.15, 0.2) is 0 Å². The van der Waals surface area contributed by atoms with Gasteiger partial charge in [-0.2, -0.15) is 10.2 Å². The van der Waals surface area contributed by atoms with Gasteiger partial charge in [0.05, 0.1) is 39.5 Å². The van der Waals surface area contributed by atoms with Gasteiger partial charge in [0.2, 0.25) is 5.91 Å². The third kappa shape index (κ3) is 3.90. The van der Waals surface area contributed by atoms with Gasteiger partial charge in [0.1, 0.15) is 6.04 Å². The molecule has 0 fully saturated rings. The molecular weight excluding hydrogens is 418 g/mol. The molecule has 2 heterocycles. The van der Waals surface area contributed by atoms with Gasteiger partial charge in [-0.05, 0) is 63.0 Å². The predicted molar refractivity (Wildman–Crippen MR) is 115 cm³/mol. The number of aromatic nitrogens is 4. The van der Waals surface area contributed by atoms with Crippen molar-refractivity contribution < 1.29 is 4.79 Å². The number of nitrogens with one attached hydrogen (secondary N) is 1. The average Bonchev–Trinajstić information content (AvgIpc) is 3.05. The van der Waals surface area contributed by atoms with Crippen molar-refractivity contribution in [1.82, 2.24) is 19.6 Å². The first-order chi connectivity index (χ1) is 13.2. The first-order valence-electron chi connectivity index (χ1n) is 9.30. The Morgan fingerprint density at radius 1 is 1.11 bits per heavy atom. The fourth-order valence-corrected chi connectivity index (χ4v) is 3.63. The van der Waals surface area contributed by atoms with E-state index in [1.807, 2.05) is 45.4 Å². The Labute approximate surface area is 174 Å². The van der Waals surface area contributed by atoms with Gasteiger partial charge >= 0.3 is 0 Å². The van der Waals surface area contributed by atoms with Crippen LogP contribution in [0.25, 0.3) is 0 Å². The number of hydrogen-bond acceptors (Lipinski definition) is 3. The van der Waals surface area contributed by atoms with E-state index in [4.69, 9.17) is 0 Å². The first kappa shape index (κ1) is 20.3. The third-order valence-electron chi connectivity index (χ3n) is 5.03. The number of carbonyl (C=O) groups is 1. The van der Waals surface area contributed by atoms with E-state index in [2.05, 4.69) is 56.6 Å². The molecule has 0 saturated carbocycles. The van der Waals surface area contributed by atoms with Gasteiger partial charge in [-0.3, -0.25) is 14.2 Å². The van der Waals surface area contributed by atoms with Gasteiger partial charge in [-0.15, -0.1) is 0 Å². The maximum atomic E-state index is 12.9. The van der Waals surface area contributed by atoms with Gasteiger partial charge in [-0.25, -0.2) is 0 Å². The Morgan fingerprint density at radius 2 is 1.82 bits per heavy atom. The van der Waals surface area contributed by atoms with Crippen molar-refractivity contribution >= 4 is 27.5 Å². The SMILES string of the molecule is Cc1cccc(Cn2nc(C)c(NC(=O)C(C)n3nc(C)c(Br)c3C)c2C)c1. The molecule has 0 radical (unpaired) electrons. The molecule has 0 bridgehead atoms. The number of amides is 1. The number of halogens is 1. The van der Waals surface area contributed by atoms with E-state index >= 15 is 0 Å². The predicted octanol–water partition coefficient (Wildman–Crippen LogP) is 4.63. The van der Waals surface area contributed by atoms with Crippen LogP contribution in [0, 0.1) is 34.6 Å². The van der Waals surface area contributed by atoms with E-state index < -0.39 is 6.04 Å². The zero-order valence-corrected chi connectivity index (χ0v) is 18.8. The Balaban J connectivity index is 1.81. The molecule has 0 saturated heterocycles. The lowest BCUT2D eigenvalue weighted by atomic mass is 10.1. The molecule has 148 valence electrons. The minimum atomic E-state index is -0.427. The highest BCUT2D eigenvalue weighted by Crippen LogP contribution is 2.25. The largest absolute Gasteiger partial charge is 0.321 e. The van der Waals surface area contributed by atoms with Crippen LogP contribution in [0.1, 0.15) is 46.9 Å². The molecule has 28 heavy (non-hydrogen) atoms. The van der Waals surface area contributed by atoms with Crippen molar-refractivity contribution in [2.24, 2.45) is 0 Å². The molecule has 2 aromatic heterocycles. The molecule has 6 nitrogen and oxygen atoms in total. The van der Waals surface area contributed by atoms with Crippen molar-refractivity contribution in [2.75, 3.05) is 5.32 Å². The lowest BCUT2D eigenvalue weighted by Gasteiger charge is -2.15. The zero-order chi connectivity index (χ0) is 20.6. The lowest BCUT2D eigenvalue weighted by Crippen LogP contribution is -2.25. The van der Waals surface area contributed by atoms with Crippen LogP contribution in [0.3, 0.4) is 0 Å². The lowest BCUT2D eigenvalue weighted by molar-refractivity contribution is -0.119. The van der Waals surface area contributed by atoms with E-state index in [-0.39, 0.29) is 5.91 Å².